The van der Waals surface area contributed by atoms with Crippen LogP contribution in [0.25, 0.3) is 0 Å². The summed E-state index contributed by atoms with van der Waals surface area (Å²) in [6.07, 6.45) is 3.33. The lowest BCUT2D eigenvalue weighted by Crippen LogP contribution is -2.44. The molecule has 6 heteroatoms. The molecule has 1 atom stereocenters. The van der Waals surface area contributed by atoms with Crippen LogP contribution in [0, 0.1) is 12.8 Å². The summed E-state index contributed by atoms with van der Waals surface area (Å²) in [4.78, 5) is 26.2. The van der Waals surface area contributed by atoms with Gasteiger partial charge in [0.2, 0.25) is 5.91 Å². The monoisotopic (exact) mass is 316 g/mol. The van der Waals surface area contributed by atoms with Crippen molar-refractivity contribution in [2.75, 3.05) is 44.3 Å². The number of aromatic nitrogens is 2. The van der Waals surface area contributed by atoms with E-state index >= 15 is 0 Å². The first-order chi connectivity index (χ1) is 11.2. The first kappa shape index (κ1) is 14.9. The van der Waals surface area contributed by atoms with Crippen molar-refractivity contribution in [3.8, 4) is 0 Å². The van der Waals surface area contributed by atoms with Crippen LogP contribution >= 0.6 is 0 Å². The predicted molar refractivity (Wildman–Crippen MR) is 86.5 cm³/mol. The molecular weight excluding hydrogens is 292 g/mol. The van der Waals surface area contributed by atoms with Crippen LogP contribution in [0.4, 0.5) is 5.82 Å². The molecule has 2 saturated heterocycles. The Hall–Kier alpha value is -1.69. The van der Waals surface area contributed by atoms with Crippen LogP contribution in [-0.2, 0) is 9.53 Å². The summed E-state index contributed by atoms with van der Waals surface area (Å²) in [7, 11) is 0. The van der Waals surface area contributed by atoms with Crippen molar-refractivity contribution >= 4 is 11.7 Å². The van der Waals surface area contributed by atoms with E-state index in [0.717, 1.165) is 49.9 Å². The van der Waals surface area contributed by atoms with E-state index in [1.165, 1.54) is 12.8 Å². The molecule has 1 aromatic heterocycles. The smallest absolute Gasteiger partial charge is 0.227 e. The zero-order valence-electron chi connectivity index (χ0n) is 13.7. The van der Waals surface area contributed by atoms with Crippen molar-refractivity contribution in [2.45, 2.75) is 32.1 Å². The molecule has 2 aliphatic heterocycles. The van der Waals surface area contributed by atoms with E-state index in [1.807, 2.05) is 17.9 Å². The number of rotatable bonds is 3. The van der Waals surface area contributed by atoms with Crippen molar-refractivity contribution < 1.29 is 9.53 Å². The summed E-state index contributed by atoms with van der Waals surface area (Å²) < 4.78 is 5.34. The predicted octanol–water partition coefficient (Wildman–Crippen LogP) is 1.35. The number of carbonyl (C=O) groups excluding carboxylic acids is 1. The van der Waals surface area contributed by atoms with Crippen LogP contribution in [0.2, 0.25) is 0 Å². The van der Waals surface area contributed by atoms with Gasteiger partial charge in [-0.1, -0.05) is 0 Å². The van der Waals surface area contributed by atoms with Gasteiger partial charge in [0, 0.05) is 43.9 Å². The molecular formula is C17H24N4O2. The van der Waals surface area contributed by atoms with Crippen molar-refractivity contribution in [3.05, 3.63) is 17.6 Å². The summed E-state index contributed by atoms with van der Waals surface area (Å²) >= 11 is 0. The molecule has 1 aromatic rings. The molecule has 3 fully saturated rings. The Bertz CT molecular complexity index is 596. The Labute approximate surface area is 136 Å². The lowest BCUT2D eigenvalue weighted by atomic mass is 10.1. The van der Waals surface area contributed by atoms with Gasteiger partial charge in [-0.05, 0) is 26.2 Å². The Balaban J connectivity index is 1.44. The van der Waals surface area contributed by atoms with Crippen molar-refractivity contribution in [3.63, 3.8) is 0 Å². The van der Waals surface area contributed by atoms with E-state index in [4.69, 9.17) is 9.72 Å². The molecule has 1 aliphatic carbocycles. The Morgan fingerprint density at radius 1 is 1.17 bits per heavy atom. The molecule has 1 amide bonds. The molecule has 0 radical (unpaired) electrons. The average molecular weight is 316 g/mol. The zero-order chi connectivity index (χ0) is 15.8. The summed E-state index contributed by atoms with van der Waals surface area (Å²) in [5.41, 5.74) is 1.03. The van der Waals surface area contributed by atoms with Crippen LogP contribution in [0.1, 0.15) is 36.7 Å². The summed E-state index contributed by atoms with van der Waals surface area (Å²) in [6, 6.07) is 2.05. The number of morpholine rings is 1. The largest absolute Gasteiger partial charge is 0.378 e. The van der Waals surface area contributed by atoms with Gasteiger partial charge in [0.1, 0.15) is 11.6 Å². The average Bonchev–Trinajstić information content (AvgIpc) is 3.31. The number of ether oxygens (including phenoxy) is 1. The molecule has 124 valence electrons. The molecule has 3 aliphatic rings. The van der Waals surface area contributed by atoms with Gasteiger partial charge in [0.05, 0.1) is 19.1 Å². The maximum absolute atomic E-state index is 12.6. The molecule has 0 bridgehead atoms. The number of carbonyl (C=O) groups is 1. The topological polar surface area (TPSA) is 58.6 Å². The molecule has 23 heavy (non-hydrogen) atoms. The van der Waals surface area contributed by atoms with Gasteiger partial charge < -0.3 is 14.5 Å². The SMILES string of the molecule is Cc1cc(N2CCC(C(=O)N3CCOCC3)C2)nc(C2CC2)n1. The highest BCUT2D eigenvalue weighted by molar-refractivity contribution is 5.80. The first-order valence-electron chi connectivity index (χ1n) is 8.68. The van der Waals surface area contributed by atoms with E-state index < -0.39 is 0 Å². The number of hydrogen-bond acceptors (Lipinski definition) is 5. The molecule has 3 heterocycles. The number of nitrogens with zero attached hydrogens (tertiary/aromatic N) is 4. The standard InChI is InChI=1S/C17H24N4O2/c1-12-10-15(19-16(18-12)13-2-3-13)21-5-4-14(11-21)17(22)20-6-8-23-9-7-20/h10,13-14H,2-9,11H2,1H3. The summed E-state index contributed by atoms with van der Waals surface area (Å²) in [6.45, 7) is 6.50. The van der Waals surface area contributed by atoms with Crippen LogP contribution < -0.4 is 4.90 Å². The van der Waals surface area contributed by atoms with Gasteiger partial charge in [-0.2, -0.15) is 0 Å². The molecule has 1 saturated carbocycles. The zero-order valence-corrected chi connectivity index (χ0v) is 13.7. The van der Waals surface area contributed by atoms with Crippen LogP contribution in [0.5, 0.6) is 0 Å². The van der Waals surface area contributed by atoms with Gasteiger partial charge in [0.25, 0.3) is 0 Å². The highest BCUT2D eigenvalue weighted by Crippen LogP contribution is 2.39. The molecule has 0 N–H and O–H groups in total. The van der Waals surface area contributed by atoms with Crippen molar-refractivity contribution in [1.29, 1.82) is 0 Å². The maximum atomic E-state index is 12.6. The molecule has 6 nitrogen and oxygen atoms in total. The highest BCUT2D eigenvalue weighted by atomic mass is 16.5. The summed E-state index contributed by atoms with van der Waals surface area (Å²) in [5, 5.41) is 0. The van der Waals surface area contributed by atoms with E-state index in [1.54, 1.807) is 0 Å². The third-order valence-corrected chi connectivity index (χ3v) is 4.98. The Kier molecular flexibility index (Phi) is 3.93. The van der Waals surface area contributed by atoms with E-state index in [0.29, 0.717) is 19.1 Å². The van der Waals surface area contributed by atoms with Gasteiger partial charge >= 0.3 is 0 Å². The fourth-order valence-electron chi connectivity index (χ4n) is 3.47. The van der Waals surface area contributed by atoms with Crippen molar-refractivity contribution in [2.24, 2.45) is 5.92 Å². The van der Waals surface area contributed by atoms with Crippen LogP contribution in [0.3, 0.4) is 0 Å². The van der Waals surface area contributed by atoms with Crippen molar-refractivity contribution in [1.82, 2.24) is 14.9 Å². The number of amides is 1. The first-order valence-corrected chi connectivity index (χ1v) is 8.68. The molecule has 1 unspecified atom stereocenters. The fraction of sp³-hybridized carbons (Fsp3) is 0.706. The lowest BCUT2D eigenvalue weighted by Gasteiger charge is -2.29. The minimum Gasteiger partial charge on any atom is -0.378 e. The third kappa shape index (κ3) is 3.17. The molecule has 0 spiro atoms. The van der Waals surface area contributed by atoms with Crippen LogP contribution in [-0.4, -0.2) is 60.2 Å². The van der Waals surface area contributed by atoms with Gasteiger partial charge in [-0.25, -0.2) is 9.97 Å². The fourth-order valence-corrected chi connectivity index (χ4v) is 3.47. The van der Waals surface area contributed by atoms with E-state index in [-0.39, 0.29) is 11.8 Å². The van der Waals surface area contributed by atoms with E-state index in [2.05, 4.69) is 9.88 Å². The number of aryl methyl sites for hydroxylation is 1. The number of hydrogen-bond donors (Lipinski definition) is 0. The maximum Gasteiger partial charge on any atom is 0.227 e. The van der Waals surface area contributed by atoms with E-state index in [9.17, 15) is 4.79 Å². The lowest BCUT2D eigenvalue weighted by molar-refractivity contribution is -0.138. The van der Waals surface area contributed by atoms with Gasteiger partial charge in [-0.15, -0.1) is 0 Å². The molecule has 0 aromatic carbocycles. The second-order valence-corrected chi connectivity index (χ2v) is 6.87. The Morgan fingerprint density at radius 2 is 1.96 bits per heavy atom. The normalized spacial score (nSPS) is 25.0. The second kappa shape index (κ2) is 6.07. The summed E-state index contributed by atoms with van der Waals surface area (Å²) in [5.74, 6) is 2.92. The molecule has 4 rings (SSSR count). The van der Waals surface area contributed by atoms with Gasteiger partial charge in [-0.3, -0.25) is 4.79 Å². The third-order valence-electron chi connectivity index (χ3n) is 4.98. The second-order valence-electron chi connectivity index (χ2n) is 6.87. The quantitative estimate of drug-likeness (QED) is 0.842. The van der Waals surface area contributed by atoms with Crippen LogP contribution in [0.15, 0.2) is 6.07 Å². The highest BCUT2D eigenvalue weighted by Gasteiger charge is 2.33. The minimum atomic E-state index is 0.0905. The number of anilines is 1. The minimum absolute atomic E-state index is 0.0905. The van der Waals surface area contributed by atoms with Gasteiger partial charge in [0.15, 0.2) is 0 Å². The Morgan fingerprint density at radius 3 is 2.70 bits per heavy atom.